The van der Waals surface area contributed by atoms with Crippen molar-refractivity contribution in [1.29, 1.82) is 0 Å². The summed E-state index contributed by atoms with van der Waals surface area (Å²) in [5, 5.41) is 13.3. The standard InChI is InChI=1S/C14H18F2N2O/c1-3-4-9-10(5-6-11(15)12(9)16)13(19)14-17-7-8(2)18-14/h5-6,8,13,19H,3-4,7H2,1-2H3,(H,17,18). The number of amidine groups is 1. The summed E-state index contributed by atoms with van der Waals surface area (Å²) in [5.41, 5.74) is 0.625. The normalized spacial score (nSPS) is 20.1. The molecule has 2 atom stereocenters. The minimum atomic E-state index is -1.03. The van der Waals surface area contributed by atoms with Gasteiger partial charge in [0, 0.05) is 6.04 Å². The van der Waals surface area contributed by atoms with Crippen molar-refractivity contribution in [3.05, 3.63) is 34.9 Å². The van der Waals surface area contributed by atoms with Gasteiger partial charge in [0.2, 0.25) is 0 Å². The van der Waals surface area contributed by atoms with Crippen LogP contribution in [0.25, 0.3) is 0 Å². The molecule has 5 heteroatoms. The Morgan fingerprint density at radius 2 is 2.21 bits per heavy atom. The van der Waals surface area contributed by atoms with E-state index < -0.39 is 17.7 Å². The van der Waals surface area contributed by atoms with Crippen LogP contribution in [0.2, 0.25) is 0 Å². The van der Waals surface area contributed by atoms with Gasteiger partial charge in [0.05, 0.1) is 6.54 Å². The van der Waals surface area contributed by atoms with Gasteiger partial charge in [0.1, 0.15) is 11.9 Å². The van der Waals surface area contributed by atoms with E-state index in [-0.39, 0.29) is 11.6 Å². The second-order valence-electron chi connectivity index (χ2n) is 4.85. The van der Waals surface area contributed by atoms with E-state index in [1.807, 2.05) is 13.8 Å². The third-order valence-electron chi connectivity index (χ3n) is 3.22. The molecule has 1 heterocycles. The maximum absolute atomic E-state index is 13.8. The predicted octanol–water partition coefficient (Wildman–Crippen LogP) is 2.34. The van der Waals surface area contributed by atoms with Crippen LogP contribution in [0.4, 0.5) is 8.78 Å². The van der Waals surface area contributed by atoms with Crippen molar-refractivity contribution in [2.45, 2.75) is 38.8 Å². The van der Waals surface area contributed by atoms with Gasteiger partial charge in [-0.15, -0.1) is 0 Å². The van der Waals surface area contributed by atoms with Crippen LogP contribution in [-0.2, 0) is 6.42 Å². The Morgan fingerprint density at radius 1 is 1.47 bits per heavy atom. The Kier molecular flexibility index (Phi) is 4.14. The van der Waals surface area contributed by atoms with Crippen molar-refractivity contribution in [2.24, 2.45) is 4.99 Å². The zero-order valence-electron chi connectivity index (χ0n) is 11.1. The second-order valence-corrected chi connectivity index (χ2v) is 4.85. The molecule has 1 aliphatic rings. The lowest BCUT2D eigenvalue weighted by Gasteiger charge is -2.17. The minimum absolute atomic E-state index is 0.157. The monoisotopic (exact) mass is 268 g/mol. The van der Waals surface area contributed by atoms with E-state index in [0.717, 1.165) is 6.07 Å². The van der Waals surface area contributed by atoms with Gasteiger partial charge < -0.3 is 10.4 Å². The number of rotatable bonds is 4. The lowest BCUT2D eigenvalue weighted by Crippen LogP contribution is -2.31. The highest BCUT2D eigenvalue weighted by atomic mass is 19.2. The Morgan fingerprint density at radius 3 is 2.79 bits per heavy atom. The molecular weight excluding hydrogens is 250 g/mol. The first-order valence-corrected chi connectivity index (χ1v) is 6.50. The first-order chi connectivity index (χ1) is 9.04. The van der Waals surface area contributed by atoms with Crippen molar-refractivity contribution in [3.8, 4) is 0 Å². The summed E-state index contributed by atoms with van der Waals surface area (Å²) in [4.78, 5) is 4.19. The van der Waals surface area contributed by atoms with Gasteiger partial charge in [0.15, 0.2) is 11.6 Å². The largest absolute Gasteiger partial charge is 0.380 e. The molecule has 0 aromatic heterocycles. The average Bonchev–Trinajstić information content (AvgIpc) is 2.81. The molecule has 0 aliphatic carbocycles. The van der Waals surface area contributed by atoms with Crippen molar-refractivity contribution in [2.75, 3.05) is 6.54 Å². The Hall–Kier alpha value is -1.49. The summed E-state index contributed by atoms with van der Waals surface area (Å²) in [6.45, 7) is 4.41. The van der Waals surface area contributed by atoms with Gasteiger partial charge in [-0.3, -0.25) is 4.99 Å². The van der Waals surface area contributed by atoms with Crippen LogP contribution in [-0.4, -0.2) is 23.5 Å². The van der Waals surface area contributed by atoms with Crippen molar-refractivity contribution in [1.82, 2.24) is 5.32 Å². The van der Waals surface area contributed by atoms with Gasteiger partial charge >= 0.3 is 0 Å². The maximum atomic E-state index is 13.8. The smallest absolute Gasteiger partial charge is 0.162 e. The van der Waals surface area contributed by atoms with Crippen molar-refractivity contribution < 1.29 is 13.9 Å². The highest BCUT2D eigenvalue weighted by Gasteiger charge is 2.25. The first kappa shape index (κ1) is 13.9. The lowest BCUT2D eigenvalue weighted by atomic mass is 9.97. The van der Waals surface area contributed by atoms with E-state index in [2.05, 4.69) is 10.3 Å². The van der Waals surface area contributed by atoms with Crippen LogP contribution in [0.3, 0.4) is 0 Å². The molecule has 1 aliphatic heterocycles. The minimum Gasteiger partial charge on any atom is -0.380 e. The van der Waals surface area contributed by atoms with Gasteiger partial charge in [-0.25, -0.2) is 8.78 Å². The lowest BCUT2D eigenvalue weighted by molar-refractivity contribution is 0.241. The highest BCUT2D eigenvalue weighted by molar-refractivity contribution is 5.89. The van der Waals surface area contributed by atoms with Crippen LogP contribution < -0.4 is 5.32 Å². The van der Waals surface area contributed by atoms with E-state index in [1.165, 1.54) is 6.07 Å². The third kappa shape index (κ3) is 2.76. The van der Waals surface area contributed by atoms with Crippen molar-refractivity contribution in [3.63, 3.8) is 0 Å². The average molecular weight is 268 g/mol. The summed E-state index contributed by atoms with van der Waals surface area (Å²) >= 11 is 0. The molecule has 2 N–H and O–H groups in total. The molecule has 0 radical (unpaired) electrons. The fourth-order valence-corrected chi connectivity index (χ4v) is 2.26. The number of benzene rings is 1. The molecule has 0 saturated heterocycles. The number of hydrogen-bond acceptors (Lipinski definition) is 3. The maximum Gasteiger partial charge on any atom is 0.162 e. The van der Waals surface area contributed by atoms with Crippen LogP contribution in [0.15, 0.2) is 17.1 Å². The number of nitrogens with zero attached hydrogens (tertiary/aromatic N) is 1. The van der Waals surface area contributed by atoms with E-state index in [9.17, 15) is 13.9 Å². The summed E-state index contributed by atoms with van der Waals surface area (Å²) in [6.07, 6.45) is 0.0384. The number of aliphatic imine (C=N–C) groups is 1. The number of nitrogens with one attached hydrogen (secondary N) is 1. The first-order valence-electron chi connectivity index (χ1n) is 6.50. The van der Waals surface area contributed by atoms with Crippen LogP contribution in [0, 0.1) is 11.6 Å². The van der Waals surface area contributed by atoms with Gasteiger partial charge in [-0.1, -0.05) is 19.4 Å². The summed E-state index contributed by atoms with van der Waals surface area (Å²) in [5.74, 6) is -1.32. The van der Waals surface area contributed by atoms with Crippen LogP contribution >= 0.6 is 0 Å². The SMILES string of the molecule is CCCc1c(C(O)C2=NCC(C)N2)ccc(F)c1F. The number of aliphatic hydroxyl groups is 1. The molecule has 0 fully saturated rings. The molecule has 2 rings (SSSR count). The number of aliphatic hydroxyl groups excluding tert-OH is 1. The molecule has 1 aromatic rings. The van der Waals surface area contributed by atoms with E-state index in [1.54, 1.807) is 0 Å². The molecule has 0 saturated carbocycles. The molecule has 0 bridgehead atoms. The van der Waals surface area contributed by atoms with Crippen LogP contribution in [0.1, 0.15) is 37.5 Å². The molecule has 19 heavy (non-hydrogen) atoms. The number of hydrogen-bond donors (Lipinski definition) is 2. The molecule has 0 amide bonds. The number of halogens is 2. The second kappa shape index (κ2) is 5.65. The fourth-order valence-electron chi connectivity index (χ4n) is 2.26. The molecule has 1 aromatic carbocycles. The van der Waals surface area contributed by atoms with Gasteiger partial charge in [-0.05, 0) is 30.5 Å². The van der Waals surface area contributed by atoms with Crippen LogP contribution in [0.5, 0.6) is 0 Å². The molecule has 3 nitrogen and oxygen atoms in total. The zero-order valence-corrected chi connectivity index (χ0v) is 11.1. The predicted molar refractivity (Wildman–Crippen MR) is 70.2 cm³/mol. The Bertz CT molecular complexity index is 502. The van der Waals surface area contributed by atoms with Gasteiger partial charge in [-0.2, -0.15) is 0 Å². The molecule has 104 valence electrons. The highest BCUT2D eigenvalue weighted by Crippen LogP contribution is 2.25. The topological polar surface area (TPSA) is 44.6 Å². The third-order valence-corrected chi connectivity index (χ3v) is 3.22. The quantitative estimate of drug-likeness (QED) is 0.880. The summed E-state index contributed by atoms with van der Waals surface area (Å²) < 4.78 is 27.1. The Labute approximate surface area is 111 Å². The molecule has 0 spiro atoms. The van der Waals surface area contributed by atoms with Gasteiger partial charge in [0.25, 0.3) is 0 Å². The van der Waals surface area contributed by atoms with E-state index >= 15 is 0 Å². The van der Waals surface area contributed by atoms with E-state index in [0.29, 0.717) is 30.8 Å². The molecular formula is C14H18F2N2O. The Balaban J connectivity index is 2.36. The van der Waals surface area contributed by atoms with Crippen molar-refractivity contribution >= 4 is 5.84 Å². The van der Waals surface area contributed by atoms with E-state index in [4.69, 9.17) is 0 Å². The summed E-state index contributed by atoms with van der Waals surface area (Å²) in [7, 11) is 0. The molecule has 2 unspecified atom stereocenters. The fraction of sp³-hybridized carbons (Fsp3) is 0.500. The zero-order chi connectivity index (χ0) is 14.0. The summed E-state index contributed by atoms with van der Waals surface area (Å²) in [6, 6.07) is 2.64.